The van der Waals surface area contributed by atoms with Crippen molar-refractivity contribution in [2.45, 2.75) is 31.6 Å². The summed E-state index contributed by atoms with van der Waals surface area (Å²) in [6.07, 6.45) is 1.77. The number of amides is 1. The Kier molecular flexibility index (Phi) is 7.90. The fourth-order valence-electron chi connectivity index (χ4n) is 2.72. The summed E-state index contributed by atoms with van der Waals surface area (Å²) in [5, 5.41) is 2.77. The molecule has 0 radical (unpaired) electrons. The maximum Gasteiger partial charge on any atom is 0.264 e. The predicted octanol–water partition coefficient (Wildman–Crippen LogP) is 3.12. The van der Waals surface area contributed by atoms with Gasteiger partial charge in [0.1, 0.15) is 6.54 Å². The lowest BCUT2D eigenvalue weighted by atomic mass is 10.2. The van der Waals surface area contributed by atoms with E-state index < -0.39 is 10.0 Å². The zero-order chi connectivity index (χ0) is 21.4. The third-order valence-corrected chi connectivity index (χ3v) is 6.17. The fraction of sp³-hybridized carbons (Fsp3) is 0.381. The van der Waals surface area contributed by atoms with Crippen molar-refractivity contribution in [2.24, 2.45) is 0 Å². The minimum absolute atomic E-state index is 0.0112. The van der Waals surface area contributed by atoms with E-state index in [1.54, 1.807) is 24.3 Å². The first-order valence-corrected chi connectivity index (χ1v) is 10.9. The van der Waals surface area contributed by atoms with Crippen molar-refractivity contribution >= 4 is 21.6 Å². The lowest BCUT2D eigenvalue weighted by molar-refractivity contribution is -0.119. The molecule has 0 atom stereocenters. The van der Waals surface area contributed by atoms with E-state index in [1.807, 2.05) is 13.8 Å². The Morgan fingerprint density at radius 3 is 2.28 bits per heavy atom. The fourth-order valence-corrected chi connectivity index (χ4v) is 4.16. The average molecular weight is 421 g/mol. The van der Waals surface area contributed by atoms with Gasteiger partial charge in [0.2, 0.25) is 5.91 Å². The number of carbonyl (C=O) groups is 1. The molecule has 8 heteroatoms. The Labute approximate surface area is 172 Å². The molecule has 2 aromatic rings. The van der Waals surface area contributed by atoms with Crippen LogP contribution < -0.4 is 19.1 Å². The van der Waals surface area contributed by atoms with Crippen LogP contribution >= 0.6 is 0 Å². The number of rotatable bonds is 10. The normalized spacial score (nSPS) is 11.0. The minimum atomic E-state index is -4.01. The van der Waals surface area contributed by atoms with Gasteiger partial charge in [0.15, 0.2) is 11.5 Å². The van der Waals surface area contributed by atoms with Crippen LogP contribution in [0.1, 0.15) is 25.3 Å². The van der Waals surface area contributed by atoms with E-state index >= 15 is 0 Å². The van der Waals surface area contributed by atoms with E-state index in [0.717, 1.165) is 22.7 Å². The summed E-state index contributed by atoms with van der Waals surface area (Å²) in [7, 11) is -1.10. The van der Waals surface area contributed by atoms with Gasteiger partial charge in [0, 0.05) is 12.6 Å². The molecule has 2 rings (SSSR count). The van der Waals surface area contributed by atoms with Gasteiger partial charge in [-0.25, -0.2) is 8.42 Å². The zero-order valence-electron chi connectivity index (χ0n) is 17.3. The molecule has 0 spiro atoms. The molecule has 0 unspecified atom stereocenters. The third-order valence-electron chi connectivity index (χ3n) is 4.40. The summed E-state index contributed by atoms with van der Waals surface area (Å²) in [6, 6.07) is 11.3. The quantitative estimate of drug-likeness (QED) is 0.597. The number of ether oxygens (including phenoxy) is 2. The van der Waals surface area contributed by atoms with Crippen LogP contribution in [0.3, 0.4) is 0 Å². The van der Waals surface area contributed by atoms with Crippen LogP contribution in [0, 0.1) is 6.92 Å². The van der Waals surface area contributed by atoms with Crippen LogP contribution in [-0.2, 0) is 14.8 Å². The van der Waals surface area contributed by atoms with Gasteiger partial charge in [0.25, 0.3) is 10.0 Å². The van der Waals surface area contributed by atoms with Crippen molar-refractivity contribution in [1.82, 2.24) is 5.32 Å². The zero-order valence-corrected chi connectivity index (χ0v) is 18.1. The monoisotopic (exact) mass is 420 g/mol. The van der Waals surface area contributed by atoms with Gasteiger partial charge in [-0.2, -0.15) is 0 Å². The molecule has 0 saturated carbocycles. The molecular weight excluding hydrogens is 392 g/mol. The number of unbranched alkanes of at least 4 members (excludes halogenated alkanes) is 1. The summed E-state index contributed by atoms with van der Waals surface area (Å²) in [5.41, 5.74) is 1.40. The summed E-state index contributed by atoms with van der Waals surface area (Å²) in [6.45, 7) is 4.12. The summed E-state index contributed by atoms with van der Waals surface area (Å²) in [4.78, 5) is 12.4. The van der Waals surface area contributed by atoms with Crippen molar-refractivity contribution < 1.29 is 22.7 Å². The third kappa shape index (κ3) is 5.63. The summed E-state index contributed by atoms with van der Waals surface area (Å²) < 4.78 is 38.3. The summed E-state index contributed by atoms with van der Waals surface area (Å²) >= 11 is 0. The van der Waals surface area contributed by atoms with Crippen LogP contribution in [0.25, 0.3) is 0 Å². The smallest absolute Gasteiger partial charge is 0.264 e. The number of hydrogen-bond acceptors (Lipinski definition) is 5. The Balaban J connectivity index is 2.43. The second-order valence-electron chi connectivity index (χ2n) is 6.57. The number of nitrogens with zero attached hydrogens (tertiary/aromatic N) is 1. The molecule has 0 saturated heterocycles. The molecule has 0 heterocycles. The van der Waals surface area contributed by atoms with E-state index in [4.69, 9.17) is 9.47 Å². The van der Waals surface area contributed by atoms with Crippen LogP contribution in [0.2, 0.25) is 0 Å². The lowest BCUT2D eigenvalue weighted by Gasteiger charge is -2.24. The van der Waals surface area contributed by atoms with Crippen molar-refractivity contribution in [3.8, 4) is 11.5 Å². The summed E-state index contributed by atoms with van der Waals surface area (Å²) in [5.74, 6) is 0.360. The average Bonchev–Trinajstić information content (AvgIpc) is 2.72. The molecule has 0 aliphatic carbocycles. The molecule has 1 amide bonds. The highest BCUT2D eigenvalue weighted by Crippen LogP contribution is 2.32. The number of carbonyl (C=O) groups excluding carboxylic acids is 1. The van der Waals surface area contributed by atoms with E-state index in [0.29, 0.717) is 23.7 Å². The molecule has 7 nitrogen and oxygen atoms in total. The Morgan fingerprint density at radius 1 is 1.03 bits per heavy atom. The van der Waals surface area contributed by atoms with Crippen LogP contribution in [0.15, 0.2) is 47.4 Å². The molecule has 29 heavy (non-hydrogen) atoms. The van der Waals surface area contributed by atoms with Gasteiger partial charge in [0.05, 0.1) is 24.8 Å². The highest BCUT2D eigenvalue weighted by molar-refractivity contribution is 7.92. The number of methoxy groups -OCH3 is 2. The number of aryl methyl sites for hydroxylation is 1. The van der Waals surface area contributed by atoms with Gasteiger partial charge in [-0.15, -0.1) is 0 Å². The Bertz CT molecular complexity index is 927. The molecule has 0 aromatic heterocycles. The van der Waals surface area contributed by atoms with Crippen molar-refractivity contribution in [3.05, 3.63) is 48.0 Å². The van der Waals surface area contributed by atoms with Gasteiger partial charge in [-0.3, -0.25) is 9.10 Å². The standard InChI is InChI=1S/C21H28N2O5S/c1-5-6-13-22-21(24)15-23(17-9-7-16(2)8-10-17)29(25,26)18-11-12-19(27-3)20(14-18)28-4/h7-12,14H,5-6,13,15H2,1-4H3,(H,22,24). The topological polar surface area (TPSA) is 84.9 Å². The highest BCUT2D eigenvalue weighted by Gasteiger charge is 2.28. The van der Waals surface area contributed by atoms with Crippen LogP contribution in [-0.4, -0.2) is 41.6 Å². The van der Waals surface area contributed by atoms with Gasteiger partial charge < -0.3 is 14.8 Å². The van der Waals surface area contributed by atoms with E-state index in [-0.39, 0.29) is 17.3 Å². The van der Waals surface area contributed by atoms with Gasteiger partial charge >= 0.3 is 0 Å². The number of benzene rings is 2. The molecule has 158 valence electrons. The first-order chi connectivity index (χ1) is 13.8. The molecule has 0 aliphatic rings. The number of anilines is 1. The highest BCUT2D eigenvalue weighted by atomic mass is 32.2. The maximum absolute atomic E-state index is 13.4. The van der Waals surface area contributed by atoms with Gasteiger partial charge in [-0.05, 0) is 37.6 Å². The Morgan fingerprint density at radius 2 is 1.69 bits per heavy atom. The first kappa shape index (κ1) is 22.5. The second kappa shape index (κ2) is 10.2. The first-order valence-electron chi connectivity index (χ1n) is 9.41. The predicted molar refractivity (Wildman–Crippen MR) is 113 cm³/mol. The van der Waals surface area contributed by atoms with Crippen molar-refractivity contribution in [1.29, 1.82) is 0 Å². The number of nitrogens with one attached hydrogen (secondary N) is 1. The van der Waals surface area contributed by atoms with E-state index in [9.17, 15) is 13.2 Å². The second-order valence-corrected chi connectivity index (χ2v) is 8.43. The number of hydrogen-bond donors (Lipinski definition) is 1. The molecule has 0 fully saturated rings. The van der Waals surface area contributed by atoms with Crippen LogP contribution in [0.4, 0.5) is 5.69 Å². The van der Waals surface area contributed by atoms with E-state index in [1.165, 1.54) is 32.4 Å². The SMILES string of the molecule is CCCCNC(=O)CN(c1ccc(C)cc1)S(=O)(=O)c1ccc(OC)c(OC)c1. The maximum atomic E-state index is 13.4. The van der Waals surface area contributed by atoms with Gasteiger partial charge in [-0.1, -0.05) is 31.0 Å². The Hall–Kier alpha value is -2.74. The number of sulfonamides is 1. The van der Waals surface area contributed by atoms with Crippen LogP contribution in [0.5, 0.6) is 11.5 Å². The van der Waals surface area contributed by atoms with E-state index in [2.05, 4.69) is 5.32 Å². The minimum Gasteiger partial charge on any atom is -0.493 e. The lowest BCUT2D eigenvalue weighted by Crippen LogP contribution is -2.41. The van der Waals surface area contributed by atoms with Crippen molar-refractivity contribution in [2.75, 3.05) is 31.6 Å². The molecular formula is C21H28N2O5S. The molecule has 0 aliphatic heterocycles. The largest absolute Gasteiger partial charge is 0.493 e. The van der Waals surface area contributed by atoms with Crippen molar-refractivity contribution in [3.63, 3.8) is 0 Å². The molecule has 0 bridgehead atoms. The molecule has 1 N–H and O–H groups in total. The molecule has 2 aromatic carbocycles.